The summed E-state index contributed by atoms with van der Waals surface area (Å²) in [4.78, 5) is 29.4. The Kier molecular flexibility index (Phi) is 5.22. The van der Waals surface area contributed by atoms with Gasteiger partial charge in [0.1, 0.15) is 0 Å². The summed E-state index contributed by atoms with van der Waals surface area (Å²) < 4.78 is 9.43. The molecule has 0 bridgehead atoms. The van der Waals surface area contributed by atoms with Crippen LogP contribution >= 0.6 is 0 Å². The number of rotatable bonds is 7. The number of hydrogen-bond acceptors (Lipinski definition) is 5. The maximum Gasteiger partial charge on any atom is 0.332 e. The molecule has 8 nitrogen and oxygen atoms in total. The first-order valence-corrected chi connectivity index (χ1v) is 8.47. The normalized spacial score (nSPS) is 11.2. The van der Waals surface area contributed by atoms with Gasteiger partial charge >= 0.3 is 5.69 Å². The van der Waals surface area contributed by atoms with Gasteiger partial charge in [0.25, 0.3) is 5.56 Å². The van der Waals surface area contributed by atoms with E-state index >= 15 is 0 Å². The number of anilines is 1. The average molecular weight is 357 g/mol. The van der Waals surface area contributed by atoms with Crippen LogP contribution in [-0.2, 0) is 31.8 Å². The van der Waals surface area contributed by atoms with Crippen molar-refractivity contribution in [3.05, 3.63) is 56.7 Å². The van der Waals surface area contributed by atoms with Crippen molar-refractivity contribution in [3.8, 4) is 0 Å². The smallest absolute Gasteiger partial charge is 0.332 e. The fraction of sp³-hybridized carbons (Fsp3) is 0.389. The quantitative estimate of drug-likeness (QED) is 0.631. The Balaban J connectivity index is 2.08. The van der Waals surface area contributed by atoms with Crippen molar-refractivity contribution in [3.63, 3.8) is 0 Å². The number of benzene rings is 1. The molecule has 1 N–H and O–H groups in total. The first-order valence-electron chi connectivity index (χ1n) is 8.47. The Hall–Kier alpha value is -2.87. The topological polar surface area (TPSA) is 83.1 Å². The van der Waals surface area contributed by atoms with Crippen LogP contribution in [0.5, 0.6) is 0 Å². The maximum atomic E-state index is 12.7. The van der Waals surface area contributed by atoms with Gasteiger partial charge in [-0.1, -0.05) is 30.3 Å². The van der Waals surface area contributed by atoms with E-state index in [4.69, 9.17) is 4.74 Å². The van der Waals surface area contributed by atoms with Gasteiger partial charge in [0, 0.05) is 34.3 Å². The lowest BCUT2D eigenvalue weighted by molar-refractivity contribution is 0.210. The van der Waals surface area contributed by atoms with Crippen LogP contribution in [0.2, 0.25) is 0 Å². The molecule has 26 heavy (non-hydrogen) atoms. The lowest BCUT2D eigenvalue weighted by Gasteiger charge is -2.11. The summed E-state index contributed by atoms with van der Waals surface area (Å²) >= 11 is 0. The van der Waals surface area contributed by atoms with Crippen LogP contribution in [0.4, 0.5) is 5.95 Å². The van der Waals surface area contributed by atoms with Crippen LogP contribution in [0.15, 0.2) is 39.9 Å². The molecule has 0 atom stereocenters. The van der Waals surface area contributed by atoms with Gasteiger partial charge in [0.05, 0.1) is 6.61 Å². The molecule has 138 valence electrons. The van der Waals surface area contributed by atoms with Crippen LogP contribution in [0.3, 0.4) is 0 Å². The van der Waals surface area contributed by atoms with Crippen molar-refractivity contribution in [2.75, 3.05) is 25.6 Å². The molecular weight excluding hydrogens is 334 g/mol. The summed E-state index contributed by atoms with van der Waals surface area (Å²) in [6.45, 7) is 1.64. The van der Waals surface area contributed by atoms with Crippen LogP contribution in [0.25, 0.3) is 11.2 Å². The van der Waals surface area contributed by atoms with Crippen molar-refractivity contribution in [1.82, 2.24) is 18.7 Å². The molecule has 0 fully saturated rings. The number of aryl methyl sites for hydroxylation is 3. The zero-order chi connectivity index (χ0) is 18.7. The molecule has 3 aromatic rings. The van der Waals surface area contributed by atoms with Crippen LogP contribution in [-0.4, -0.2) is 38.9 Å². The van der Waals surface area contributed by atoms with E-state index in [1.54, 1.807) is 14.2 Å². The van der Waals surface area contributed by atoms with Gasteiger partial charge in [-0.2, -0.15) is 4.98 Å². The molecule has 0 aliphatic rings. The van der Waals surface area contributed by atoms with E-state index < -0.39 is 5.69 Å². The summed E-state index contributed by atoms with van der Waals surface area (Å²) in [6, 6.07) is 10.0. The SMILES string of the molecule is COCCNc1nc2c(c(=O)n(C)c(=O)n2C)n1CCc1ccccc1. The number of ether oxygens (including phenoxy) is 1. The number of hydrogen-bond donors (Lipinski definition) is 1. The third kappa shape index (κ3) is 3.28. The fourth-order valence-corrected chi connectivity index (χ4v) is 2.95. The second-order valence-electron chi connectivity index (χ2n) is 6.12. The molecule has 8 heteroatoms. The van der Waals surface area contributed by atoms with Gasteiger partial charge in [-0.25, -0.2) is 4.79 Å². The van der Waals surface area contributed by atoms with Crippen LogP contribution < -0.4 is 16.6 Å². The molecule has 2 heterocycles. The Bertz CT molecular complexity index is 1020. The predicted octanol–water partition coefficient (Wildman–Crippen LogP) is 0.735. The highest BCUT2D eigenvalue weighted by Crippen LogP contribution is 2.16. The lowest BCUT2D eigenvalue weighted by Crippen LogP contribution is -2.37. The molecule has 0 amide bonds. The number of aromatic nitrogens is 4. The second kappa shape index (κ2) is 7.57. The zero-order valence-electron chi connectivity index (χ0n) is 15.2. The second-order valence-corrected chi connectivity index (χ2v) is 6.12. The summed E-state index contributed by atoms with van der Waals surface area (Å²) in [5.41, 5.74) is 1.23. The number of fused-ring (bicyclic) bond motifs is 1. The van der Waals surface area contributed by atoms with E-state index in [1.165, 1.54) is 17.2 Å². The highest BCUT2D eigenvalue weighted by Gasteiger charge is 2.18. The Labute approximate surface area is 150 Å². The molecule has 0 aliphatic heterocycles. The molecule has 1 aromatic carbocycles. The summed E-state index contributed by atoms with van der Waals surface area (Å²) in [7, 11) is 4.73. The molecule has 3 rings (SSSR count). The molecular formula is C18H23N5O3. The monoisotopic (exact) mass is 357 g/mol. The largest absolute Gasteiger partial charge is 0.383 e. The third-order valence-corrected chi connectivity index (χ3v) is 4.40. The molecule has 0 unspecified atom stereocenters. The lowest BCUT2D eigenvalue weighted by atomic mass is 10.1. The van der Waals surface area contributed by atoms with Crippen molar-refractivity contribution in [1.29, 1.82) is 0 Å². The van der Waals surface area contributed by atoms with E-state index in [2.05, 4.69) is 10.3 Å². The van der Waals surface area contributed by atoms with E-state index in [-0.39, 0.29) is 5.56 Å². The molecule has 2 aromatic heterocycles. The van der Waals surface area contributed by atoms with Gasteiger partial charge in [-0.15, -0.1) is 0 Å². The third-order valence-electron chi connectivity index (χ3n) is 4.40. The van der Waals surface area contributed by atoms with Gasteiger partial charge in [-0.05, 0) is 12.0 Å². The maximum absolute atomic E-state index is 12.7. The van der Waals surface area contributed by atoms with Gasteiger partial charge in [-0.3, -0.25) is 13.9 Å². The number of nitrogens with zero attached hydrogens (tertiary/aromatic N) is 4. The zero-order valence-corrected chi connectivity index (χ0v) is 15.2. The Morgan fingerprint density at radius 3 is 2.54 bits per heavy atom. The van der Waals surface area contributed by atoms with Gasteiger partial charge < -0.3 is 14.6 Å². The van der Waals surface area contributed by atoms with E-state index in [1.807, 2.05) is 34.9 Å². The van der Waals surface area contributed by atoms with Crippen molar-refractivity contribution in [2.45, 2.75) is 13.0 Å². The minimum Gasteiger partial charge on any atom is -0.383 e. The Morgan fingerprint density at radius 2 is 1.85 bits per heavy atom. The first kappa shape index (κ1) is 17.9. The van der Waals surface area contributed by atoms with Crippen molar-refractivity contribution < 1.29 is 4.74 Å². The van der Waals surface area contributed by atoms with Gasteiger partial charge in [0.15, 0.2) is 11.2 Å². The molecule has 0 aliphatic carbocycles. The number of methoxy groups -OCH3 is 1. The molecule has 0 radical (unpaired) electrons. The van der Waals surface area contributed by atoms with E-state index in [0.29, 0.717) is 36.8 Å². The Morgan fingerprint density at radius 1 is 1.12 bits per heavy atom. The van der Waals surface area contributed by atoms with Gasteiger partial charge in [0.2, 0.25) is 5.95 Å². The number of imidazole rings is 1. The number of nitrogens with one attached hydrogen (secondary N) is 1. The molecule has 0 saturated heterocycles. The van der Waals surface area contributed by atoms with Crippen LogP contribution in [0.1, 0.15) is 5.56 Å². The first-order chi connectivity index (χ1) is 12.5. The van der Waals surface area contributed by atoms with Crippen LogP contribution in [0, 0.1) is 0 Å². The average Bonchev–Trinajstić information content (AvgIpc) is 3.02. The fourth-order valence-electron chi connectivity index (χ4n) is 2.95. The molecule has 0 spiro atoms. The summed E-state index contributed by atoms with van der Waals surface area (Å²) in [5.74, 6) is 0.561. The highest BCUT2D eigenvalue weighted by molar-refractivity contribution is 5.74. The minimum absolute atomic E-state index is 0.344. The molecule has 0 saturated carbocycles. The minimum atomic E-state index is -0.390. The van der Waals surface area contributed by atoms with Crippen molar-refractivity contribution in [2.24, 2.45) is 14.1 Å². The predicted molar refractivity (Wildman–Crippen MR) is 101 cm³/mol. The van der Waals surface area contributed by atoms with E-state index in [0.717, 1.165) is 11.0 Å². The van der Waals surface area contributed by atoms with Crippen molar-refractivity contribution >= 4 is 17.1 Å². The highest BCUT2D eigenvalue weighted by atomic mass is 16.5. The van der Waals surface area contributed by atoms with E-state index in [9.17, 15) is 9.59 Å². The summed E-state index contributed by atoms with van der Waals surface area (Å²) in [5, 5.41) is 3.20. The summed E-state index contributed by atoms with van der Waals surface area (Å²) in [6.07, 6.45) is 0.747. The standard InChI is InChI=1S/C18H23N5O3/c1-21-15-14(16(24)22(2)18(21)25)23(17(20-15)19-10-12-26-3)11-9-13-7-5-4-6-8-13/h4-8H,9-12H2,1-3H3,(H,19,20).